The molecule has 7 nitrogen and oxygen atoms in total. The molecular formula is C29H32F3N3O4S. The molecule has 0 amide bonds. The third-order valence-corrected chi connectivity index (χ3v) is 10.6. The van der Waals surface area contributed by atoms with Crippen LogP contribution in [0.5, 0.6) is 0 Å². The van der Waals surface area contributed by atoms with Gasteiger partial charge in [-0.3, -0.25) is 0 Å². The maximum absolute atomic E-state index is 13.1. The third kappa shape index (κ3) is 3.99. The summed E-state index contributed by atoms with van der Waals surface area (Å²) in [6.45, 7) is 9.11. The minimum Gasteiger partial charge on any atom is -0.376 e. The molecule has 3 saturated heterocycles. The number of aromatic amines is 1. The molecule has 0 aromatic carbocycles. The molecule has 40 heavy (non-hydrogen) atoms. The van der Waals surface area contributed by atoms with Crippen LogP contribution >= 0.6 is 0 Å². The number of ether oxygens (including phenoxy) is 1. The minimum atomic E-state index is -5.81. The van der Waals surface area contributed by atoms with Gasteiger partial charge in [0.25, 0.3) is 0 Å². The second kappa shape index (κ2) is 9.19. The first-order chi connectivity index (χ1) is 19.0. The first-order valence-electron chi connectivity index (χ1n) is 14.1. The average molecular weight is 576 g/mol. The van der Waals surface area contributed by atoms with Crippen LogP contribution in [-0.2, 0) is 19.0 Å². The first-order valence-corrected chi connectivity index (χ1v) is 15.5. The normalized spacial score (nSPS) is 31.5. The molecule has 0 spiro atoms. The third-order valence-electron chi connectivity index (χ3n) is 9.56. The molecule has 3 aliphatic heterocycles. The van der Waals surface area contributed by atoms with Gasteiger partial charge in [0.1, 0.15) is 11.6 Å². The van der Waals surface area contributed by atoms with E-state index in [1.54, 1.807) is 0 Å². The Bertz CT molecular complexity index is 1510. The Hall–Kier alpha value is -2.63. The summed E-state index contributed by atoms with van der Waals surface area (Å²) in [6.07, 6.45) is 9.75. The summed E-state index contributed by atoms with van der Waals surface area (Å²) >= 11 is 0. The fraction of sp³-hybridized carbons (Fsp3) is 0.552. The molecule has 4 bridgehead atoms. The molecule has 7 rings (SSSR count). The molecule has 5 atom stereocenters. The van der Waals surface area contributed by atoms with Crippen molar-refractivity contribution in [3.63, 3.8) is 0 Å². The van der Waals surface area contributed by atoms with Gasteiger partial charge in [0.05, 0.1) is 30.1 Å². The number of aromatic nitrogens is 2. The lowest BCUT2D eigenvalue weighted by Crippen LogP contribution is -2.26. The van der Waals surface area contributed by atoms with Gasteiger partial charge < -0.3 is 19.2 Å². The summed E-state index contributed by atoms with van der Waals surface area (Å²) in [4.78, 5) is 8.24. The van der Waals surface area contributed by atoms with Crippen molar-refractivity contribution >= 4 is 15.7 Å². The van der Waals surface area contributed by atoms with Crippen molar-refractivity contribution in [2.45, 2.75) is 81.5 Å². The van der Waals surface area contributed by atoms with E-state index >= 15 is 0 Å². The zero-order valence-electron chi connectivity index (χ0n) is 22.1. The van der Waals surface area contributed by atoms with Gasteiger partial charge in [0.15, 0.2) is 0 Å². The van der Waals surface area contributed by atoms with Gasteiger partial charge in [0.2, 0.25) is 0 Å². The second-order valence-corrected chi connectivity index (χ2v) is 13.3. The molecule has 5 unspecified atom stereocenters. The van der Waals surface area contributed by atoms with Crippen molar-refractivity contribution < 1.29 is 30.5 Å². The zero-order valence-corrected chi connectivity index (χ0v) is 22.9. The summed E-state index contributed by atoms with van der Waals surface area (Å²) in [7, 11) is -5.81. The first kappa shape index (κ1) is 26.3. The number of hydrogen-bond acceptors (Lipinski definition) is 6. The monoisotopic (exact) mass is 575 g/mol. The average Bonchev–Trinajstić information content (AvgIpc) is 3.74. The molecule has 4 fully saturated rings. The van der Waals surface area contributed by atoms with Crippen molar-refractivity contribution in [3.05, 3.63) is 70.1 Å². The van der Waals surface area contributed by atoms with Crippen molar-refractivity contribution in [2.24, 2.45) is 11.8 Å². The van der Waals surface area contributed by atoms with Gasteiger partial charge in [-0.1, -0.05) is 13.2 Å². The van der Waals surface area contributed by atoms with Gasteiger partial charge >= 0.3 is 15.6 Å². The van der Waals surface area contributed by atoms with E-state index < -0.39 is 21.4 Å². The predicted molar refractivity (Wildman–Crippen MR) is 142 cm³/mol. The zero-order chi connectivity index (χ0) is 28.0. The number of hydrogen-bond donors (Lipinski definition) is 2. The smallest absolute Gasteiger partial charge is 0.376 e. The SMILES string of the molecule is C=C(OS(=O)(=O)C(F)(F)F)C1=C(C(=C)C2=C3C(=C(c4cnc(C5CCCN5)[nH]4)CC2)C2CCC3O2)C2CCC1C2. The molecule has 0 radical (unpaired) electrons. The number of nitrogens with zero attached hydrogens (tertiary/aromatic N) is 1. The van der Waals surface area contributed by atoms with Crippen LogP contribution in [0.15, 0.2) is 58.6 Å². The van der Waals surface area contributed by atoms with Crippen LogP contribution in [0.4, 0.5) is 13.2 Å². The van der Waals surface area contributed by atoms with Crippen LogP contribution in [0.2, 0.25) is 0 Å². The Balaban J connectivity index is 1.27. The van der Waals surface area contributed by atoms with Crippen LogP contribution in [0.25, 0.3) is 5.57 Å². The molecule has 4 heterocycles. The summed E-state index contributed by atoms with van der Waals surface area (Å²) in [5.41, 5.74) is 2.14. The van der Waals surface area contributed by atoms with Gasteiger partial charge in [-0.05, 0) is 110 Å². The highest BCUT2D eigenvalue weighted by Crippen LogP contribution is 2.58. The summed E-state index contributed by atoms with van der Waals surface area (Å²) in [5, 5.41) is 3.49. The number of nitrogens with one attached hydrogen (secondary N) is 2. The molecule has 1 aromatic heterocycles. The van der Waals surface area contributed by atoms with E-state index in [9.17, 15) is 21.6 Å². The number of imidazole rings is 1. The van der Waals surface area contributed by atoms with E-state index in [0.717, 1.165) is 91.7 Å². The quantitative estimate of drug-likeness (QED) is 0.239. The minimum absolute atomic E-state index is 0.00170. The predicted octanol–water partition coefficient (Wildman–Crippen LogP) is 5.90. The number of rotatable bonds is 7. The summed E-state index contributed by atoms with van der Waals surface area (Å²) in [6, 6.07) is 0.240. The van der Waals surface area contributed by atoms with E-state index in [0.29, 0.717) is 12.0 Å². The highest BCUT2D eigenvalue weighted by molar-refractivity contribution is 7.87. The van der Waals surface area contributed by atoms with Crippen LogP contribution in [0.3, 0.4) is 0 Å². The molecule has 6 aliphatic rings. The van der Waals surface area contributed by atoms with Gasteiger partial charge in [-0.15, -0.1) is 0 Å². The van der Waals surface area contributed by atoms with Crippen LogP contribution in [0.1, 0.15) is 75.3 Å². The number of halogens is 3. The topological polar surface area (TPSA) is 93.3 Å². The lowest BCUT2D eigenvalue weighted by atomic mass is 9.73. The lowest BCUT2D eigenvalue weighted by Gasteiger charge is -2.31. The Kier molecular flexibility index (Phi) is 6.04. The van der Waals surface area contributed by atoms with Crippen LogP contribution in [-0.4, -0.2) is 42.6 Å². The lowest BCUT2D eigenvalue weighted by molar-refractivity contribution is -0.0520. The summed E-state index contributed by atoms with van der Waals surface area (Å²) in [5.74, 6) is 0.524. The Morgan fingerprint density at radius 2 is 1.75 bits per heavy atom. The maximum Gasteiger partial charge on any atom is 0.534 e. The maximum atomic E-state index is 13.1. The van der Waals surface area contributed by atoms with E-state index in [1.165, 1.54) is 11.1 Å². The fourth-order valence-corrected chi connectivity index (χ4v) is 8.39. The number of allylic oxidation sites excluding steroid dienone is 5. The Labute approximate surface area is 231 Å². The van der Waals surface area contributed by atoms with Crippen molar-refractivity contribution in [2.75, 3.05) is 6.54 Å². The van der Waals surface area contributed by atoms with Gasteiger partial charge in [-0.2, -0.15) is 21.6 Å². The summed E-state index contributed by atoms with van der Waals surface area (Å²) < 4.78 is 73.8. The molecule has 1 saturated carbocycles. The molecule has 11 heteroatoms. The van der Waals surface area contributed by atoms with Crippen molar-refractivity contribution in [3.8, 4) is 0 Å². The molecule has 3 aliphatic carbocycles. The Morgan fingerprint density at radius 1 is 1.02 bits per heavy atom. The van der Waals surface area contributed by atoms with E-state index in [1.807, 2.05) is 6.20 Å². The van der Waals surface area contributed by atoms with Gasteiger partial charge in [0, 0.05) is 5.57 Å². The highest BCUT2D eigenvalue weighted by atomic mass is 32.2. The number of H-pyrrole nitrogens is 1. The molecule has 214 valence electrons. The number of alkyl halides is 3. The largest absolute Gasteiger partial charge is 0.534 e. The van der Waals surface area contributed by atoms with E-state index in [2.05, 4.69) is 32.6 Å². The second-order valence-electron chi connectivity index (χ2n) is 11.7. The standard InChI is InChI=1S/C29H32F3N3O4S/c1-14(24-16-5-6-17(12-16)25(24)15(2)39-40(36,37)29(30,31)32)18-7-8-19(27-23-10-9-22(38-23)26(18)27)21-13-34-28(35-21)20-4-3-11-33-20/h13,16-17,20,22-23,33H,1-12H2,(H,34,35). The van der Waals surface area contributed by atoms with Crippen LogP contribution in [0, 0.1) is 11.8 Å². The van der Waals surface area contributed by atoms with Crippen LogP contribution < -0.4 is 5.32 Å². The van der Waals surface area contributed by atoms with Crippen molar-refractivity contribution in [1.82, 2.24) is 15.3 Å². The number of fused-ring (bicyclic) bond motifs is 7. The Morgan fingerprint density at radius 3 is 2.45 bits per heavy atom. The molecular weight excluding hydrogens is 543 g/mol. The van der Waals surface area contributed by atoms with Gasteiger partial charge in [-0.25, -0.2) is 4.98 Å². The van der Waals surface area contributed by atoms with E-state index in [-0.39, 0.29) is 30.1 Å². The molecule has 1 aromatic rings. The fourth-order valence-electron chi connectivity index (χ4n) is 7.94. The molecule has 2 N–H and O–H groups in total. The highest BCUT2D eigenvalue weighted by Gasteiger charge is 2.51. The van der Waals surface area contributed by atoms with E-state index in [4.69, 9.17) is 4.74 Å². The van der Waals surface area contributed by atoms with Crippen molar-refractivity contribution in [1.29, 1.82) is 0 Å².